The smallest absolute Gasteiger partial charge is 0.399 e. The van der Waals surface area contributed by atoms with Crippen LogP contribution in [0.5, 0.6) is 0 Å². The number of ether oxygens (including phenoxy) is 1. The van der Waals surface area contributed by atoms with Gasteiger partial charge in [-0.2, -0.15) is 5.10 Å². The average molecular weight is 326 g/mol. The highest BCUT2D eigenvalue weighted by Gasteiger charge is 2.51. The lowest BCUT2D eigenvalue weighted by Crippen LogP contribution is -2.41. The number of fused-ring (bicyclic) bond motifs is 1. The summed E-state index contributed by atoms with van der Waals surface area (Å²) in [7, 11) is -0.355. The maximum Gasteiger partial charge on any atom is 0.494 e. The van der Waals surface area contributed by atoms with E-state index in [0.717, 1.165) is 29.6 Å². The van der Waals surface area contributed by atoms with Crippen LogP contribution in [0, 0.1) is 0 Å². The number of aromatic nitrogens is 2. The third kappa shape index (κ3) is 2.49. The van der Waals surface area contributed by atoms with Crippen molar-refractivity contribution >= 4 is 23.7 Å². The van der Waals surface area contributed by atoms with Gasteiger partial charge in [-0.1, -0.05) is 6.08 Å². The molecule has 24 heavy (non-hydrogen) atoms. The first-order valence-corrected chi connectivity index (χ1v) is 8.47. The number of rotatable bonds is 2. The zero-order valence-corrected chi connectivity index (χ0v) is 14.7. The first-order valence-electron chi connectivity index (χ1n) is 8.47. The molecule has 0 atom stereocenters. The van der Waals surface area contributed by atoms with Crippen LogP contribution in [0.15, 0.2) is 30.6 Å². The third-order valence-electron chi connectivity index (χ3n) is 5.38. The highest BCUT2D eigenvalue weighted by molar-refractivity contribution is 6.62. The second-order valence-corrected chi connectivity index (χ2v) is 7.49. The monoisotopic (exact) mass is 326 g/mol. The van der Waals surface area contributed by atoms with Crippen molar-refractivity contribution in [3.63, 3.8) is 0 Å². The van der Waals surface area contributed by atoms with Crippen LogP contribution in [0.25, 0.3) is 11.1 Å². The molecule has 0 N–H and O–H groups in total. The van der Waals surface area contributed by atoms with Crippen molar-refractivity contribution in [1.82, 2.24) is 9.61 Å². The van der Waals surface area contributed by atoms with Gasteiger partial charge in [0.05, 0.1) is 36.1 Å². The molecule has 0 aliphatic carbocycles. The zero-order valence-electron chi connectivity index (χ0n) is 14.7. The van der Waals surface area contributed by atoms with Crippen molar-refractivity contribution in [3.8, 4) is 0 Å². The summed E-state index contributed by atoms with van der Waals surface area (Å²) in [6.07, 6.45) is 6.96. The molecule has 0 bridgehead atoms. The van der Waals surface area contributed by atoms with Gasteiger partial charge in [0.15, 0.2) is 0 Å². The summed E-state index contributed by atoms with van der Waals surface area (Å²) in [5.41, 5.74) is 3.89. The van der Waals surface area contributed by atoms with E-state index in [1.807, 2.05) is 23.0 Å². The fraction of sp³-hybridized carbons (Fsp3) is 0.500. The quantitative estimate of drug-likeness (QED) is 0.795. The second-order valence-electron chi connectivity index (χ2n) is 7.49. The summed E-state index contributed by atoms with van der Waals surface area (Å²) < 4.78 is 19.7. The fourth-order valence-corrected chi connectivity index (χ4v) is 3.14. The van der Waals surface area contributed by atoms with Gasteiger partial charge in [-0.15, -0.1) is 0 Å². The molecule has 0 amide bonds. The Balaban J connectivity index is 1.72. The molecule has 4 rings (SSSR count). The van der Waals surface area contributed by atoms with Crippen LogP contribution in [-0.4, -0.2) is 41.1 Å². The Morgan fingerprint density at radius 2 is 1.92 bits per heavy atom. The minimum Gasteiger partial charge on any atom is -0.399 e. The van der Waals surface area contributed by atoms with Crippen LogP contribution in [0.2, 0.25) is 0 Å². The topological polar surface area (TPSA) is 45.0 Å². The Kier molecular flexibility index (Phi) is 3.60. The lowest BCUT2D eigenvalue weighted by molar-refractivity contribution is 0.00578. The minimum atomic E-state index is -0.355. The minimum absolute atomic E-state index is 0.337. The van der Waals surface area contributed by atoms with Crippen LogP contribution in [0.4, 0.5) is 0 Å². The fourth-order valence-electron chi connectivity index (χ4n) is 3.14. The Morgan fingerprint density at radius 1 is 1.17 bits per heavy atom. The van der Waals surface area contributed by atoms with Gasteiger partial charge in [-0.3, -0.25) is 0 Å². The first kappa shape index (κ1) is 15.9. The van der Waals surface area contributed by atoms with E-state index in [2.05, 4.69) is 44.9 Å². The van der Waals surface area contributed by atoms with E-state index in [1.165, 1.54) is 5.57 Å². The molecule has 126 valence electrons. The van der Waals surface area contributed by atoms with E-state index >= 15 is 0 Å². The molecule has 2 aromatic heterocycles. The Labute approximate surface area is 142 Å². The highest BCUT2D eigenvalue weighted by Crippen LogP contribution is 2.36. The van der Waals surface area contributed by atoms with Crippen LogP contribution in [-0.2, 0) is 14.0 Å². The van der Waals surface area contributed by atoms with Crippen molar-refractivity contribution in [2.45, 2.75) is 45.3 Å². The number of hydrogen-bond donors (Lipinski definition) is 0. The van der Waals surface area contributed by atoms with E-state index < -0.39 is 0 Å². The Hall–Kier alpha value is -1.63. The number of hydrogen-bond acceptors (Lipinski definition) is 4. The van der Waals surface area contributed by atoms with Gasteiger partial charge in [-0.25, -0.2) is 4.52 Å². The van der Waals surface area contributed by atoms with Crippen LogP contribution in [0.1, 0.15) is 39.7 Å². The molecule has 0 aromatic carbocycles. The standard InChI is InChI=1S/C18H23BN2O3/c1-17(2)18(3,4)24-19(23-17)14-5-8-21-16(11-14)15(12-20-21)13-6-9-22-10-7-13/h5-6,8,11-12H,7,9-10H2,1-4H3. The normalized spacial score (nSPS) is 22.8. The molecule has 0 saturated carbocycles. The van der Waals surface area contributed by atoms with E-state index in [0.29, 0.717) is 6.61 Å². The summed E-state index contributed by atoms with van der Waals surface area (Å²) >= 11 is 0. The SMILES string of the molecule is CC1(C)OB(c2ccn3ncc(C4=CCOCC4)c3c2)OC1(C)C. The van der Waals surface area contributed by atoms with Crippen LogP contribution in [0.3, 0.4) is 0 Å². The van der Waals surface area contributed by atoms with Gasteiger partial charge in [0.25, 0.3) is 0 Å². The highest BCUT2D eigenvalue weighted by atomic mass is 16.7. The summed E-state index contributed by atoms with van der Waals surface area (Å²) in [5.74, 6) is 0. The summed E-state index contributed by atoms with van der Waals surface area (Å²) in [4.78, 5) is 0. The average Bonchev–Trinajstić information content (AvgIpc) is 3.06. The molecule has 0 spiro atoms. The summed E-state index contributed by atoms with van der Waals surface area (Å²) in [6, 6.07) is 4.14. The lowest BCUT2D eigenvalue weighted by atomic mass is 9.79. The maximum absolute atomic E-state index is 6.17. The molecule has 0 unspecified atom stereocenters. The molecule has 6 heteroatoms. The number of nitrogens with zero attached hydrogens (tertiary/aromatic N) is 2. The van der Waals surface area contributed by atoms with E-state index in [9.17, 15) is 0 Å². The van der Waals surface area contributed by atoms with E-state index in [-0.39, 0.29) is 18.3 Å². The van der Waals surface area contributed by atoms with Crippen LogP contribution >= 0.6 is 0 Å². The van der Waals surface area contributed by atoms with Gasteiger partial charge < -0.3 is 14.0 Å². The second kappa shape index (κ2) is 5.44. The van der Waals surface area contributed by atoms with E-state index in [4.69, 9.17) is 14.0 Å². The molecular formula is C18H23BN2O3. The largest absolute Gasteiger partial charge is 0.494 e. The molecule has 5 nitrogen and oxygen atoms in total. The molecule has 0 radical (unpaired) electrons. The Morgan fingerprint density at radius 3 is 2.58 bits per heavy atom. The third-order valence-corrected chi connectivity index (χ3v) is 5.38. The molecule has 1 fully saturated rings. The molecule has 2 aliphatic rings. The predicted molar refractivity (Wildman–Crippen MR) is 94.3 cm³/mol. The molecule has 4 heterocycles. The molecule has 1 saturated heterocycles. The predicted octanol–water partition coefficient (Wildman–Crippen LogP) is 2.44. The number of pyridine rings is 1. The van der Waals surface area contributed by atoms with Crippen molar-refractivity contribution in [2.24, 2.45) is 0 Å². The molecule has 2 aromatic rings. The molecular weight excluding hydrogens is 303 g/mol. The van der Waals surface area contributed by atoms with Crippen molar-refractivity contribution in [2.75, 3.05) is 13.2 Å². The van der Waals surface area contributed by atoms with Gasteiger partial charge in [-0.05, 0) is 57.3 Å². The molecule has 2 aliphatic heterocycles. The van der Waals surface area contributed by atoms with Crippen molar-refractivity contribution in [1.29, 1.82) is 0 Å². The van der Waals surface area contributed by atoms with Crippen molar-refractivity contribution < 1.29 is 14.0 Å². The van der Waals surface area contributed by atoms with Crippen molar-refractivity contribution in [3.05, 3.63) is 36.2 Å². The van der Waals surface area contributed by atoms with Gasteiger partial charge in [0.2, 0.25) is 0 Å². The lowest BCUT2D eigenvalue weighted by Gasteiger charge is -2.32. The van der Waals surface area contributed by atoms with Crippen LogP contribution < -0.4 is 5.46 Å². The Bertz CT molecular complexity index is 794. The van der Waals surface area contributed by atoms with Gasteiger partial charge in [0.1, 0.15) is 0 Å². The first-order chi connectivity index (χ1) is 11.4. The zero-order chi connectivity index (χ0) is 16.9. The summed E-state index contributed by atoms with van der Waals surface area (Å²) in [6.45, 7) is 9.72. The van der Waals surface area contributed by atoms with Gasteiger partial charge >= 0.3 is 7.12 Å². The van der Waals surface area contributed by atoms with E-state index in [1.54, 1.807) is 0 Å². The van der Waals surface area contributed by atoms with Gasteiger partial charge in [0, 0.05) is 11.8 Å². The maximum atomic E-state index is 6.17. The summed E-state index contributed by atoms with van der Waals surface area (Å²) in [5, 5.41) is 4.47.